The molecular weight excluding hydrogens is 166 g/mol. The topological polar surface area (TPSA) is 38.3 Å². The summed E-state index contributed by atoms with van der Waals surface area (Å²) in [5.74, 6) is -0.132. The molecule has 0 aromatic carbocycles. The van der Waals surface area contributed by atoms with E-state index in [-0.39, 0.29) is 12.1 Å². The molecule has 0 bridgehead atoms. The number of hydrogen-bond donors (Lipinski definition) is 1. The normalized spacial score (nSPS) is 12.2. The molecular formula is C10H19NO2. The number of rotatable bonds is 6. The summed E-state index contributed by atoms with van der Waals surface area (Å²) in [5, 5.41) is 2.76. The minimum Gasteiger partial charge on any atom is -0.359 e. The lowest BCUT2D eigenvalue weighted by Gasteiger charge is -2.17. The summed E-state index contributed by atoms with van der Waals surface area (Å²) in [6.45, 7) is 9.82. The Morgan fingerprint density at radius 1 is 1.54 bits per heavy atom. The number of ether oxygens (including phenoxy) is 1. The lowest BCUT2D eigenvalue weighted by atomic mass is 10.2. The minimum absolute atomic E-state index is 0.132. The van der Waals surface area contributed by atoms with Gasteiger partial charge in [-0.15, -0.1) is 0 Å². The first-order valence-corrected chi connectivity index (χ1v) is 4.69. The molecule has 0 aliphatic heterocycles. The standard InChI is InChI=1S/C10H19NO2/c1-5-7-9(13-6-2)11-10(12)8(3)4/h9H,3,5-7H2,1-2,4H3,(H,11,12). The van der Waals surface area contributed by atoms with Crippen LogP contribution in [0.5, 0.6) is 0 Å². The van der Waals surface area contributed by atoms with Crippen LogP contribution in [-0.2, 0) is 9.53 Å². The van der Waals surface area contributed by atoms with Gasteiger partial charge in [0, 0.05) is 12.2 Å². The van der Waals surface area contributed by atoms with E-state index in [0.29, 0.717) is 12.2 Å². The summed E-state index contributed by atoms with van der Waals surface area (Å²) >= 11 is 0. The van der Waals surface area contributed by atoms with Crippen molar-refractivity contribution in [2.75, 3.05) is 6.61 Å². The van der Waals surface area contributed by atoms with Crippen LogP contribution in [0.15, 0.2) is 12.2 Å². The van der Waals surface area contributed by atoms with Crippen LogP contribution in [0.2, 0.25) is 0 Å². The first-order valence-electron chi connectivity index (χ1n) is 4.69. The van der Waals surface area contributed by atoms with Crippen LogP contribution in [0, 0.1) is 0 Å². The van der Waals surface area contributed by atoms with Gasteiger partial charge in [0.2, 0.25) is 5.91 Å². The lowest BCUT2D eigenvalue weighted by molar-refractivity contribution is -0.121. The zero-order valence-electron chi connectivity index (χ0n) is 8.72. The van der Waals surface area contributed by atoms with Crippen LogP contribution < -0.4 is 5.32 Å². The van der Waals surface area contributed by atoms with Gasteiger partial charge >= 0.3 is 0 Å². The third-order valence-electron chi connectivity index (χ3n) is 1.60. The second-order valence-corrected chi connectivity index (χ2v) is 2.99. The number of carbonyl (C=O) groups excluding carboxylic acids is 1. The number of hydrogen-bond acceptors (Lipinski definition) is 2. The lowest BCUT2D eigenvalue weighted by Crippen LogP contribution is -2.37. The highest BCUT2D eigenvalue weighted by Crippen LogP contribution is 2.00. The Balaban J connectivity index is 3.93. The van der Waals surface area contributed by atoms with Crippen molar-refractivity contribution in [3.8, 4) is 0 Å². The third-order valence-corrected chi connectivity index (χ3v) is 1.60. The molecule has 0 aromatic rings. The summed E-state index contributed by atoms with van der Waals surface area (Å²) in [7, 11) is 0. The van der Waals surface area contributed by atoms with Crippen LogP contribution in [-0.4, -0.2) is 18.7 Å². The number of carbonyl (C=O) groups is 1. The van der Waals surface area contributed by atoms with Crippen molar-refractivity contribution in [2.45, 2.75) is 39.8 Å². The fraction of sp³-hybridized carbons (Fsp3) is 0.700. The summed E-state index contributed by atoms with van der Waals surface area (Å²) in [4.78, 5) is 11.2. The Kier molecular flexibility index (Phi) is 6.24. The molecule has 0 spiro atoms. The van der Waals surface area contributed by atoms with Gasteiger partial charge in [0.05, 0.1) is 0 Å². The highest BCUT2D eigenvalue weighted by Gasteiger charge is 2.10. The third kappa shape index (κ3) is 5.42. The van der Waals surface area contributed by atoms with Gasteiger partial charge in [0.1, 0.15) is 6.23 Å². The minimum atomic E-state index is -0.167. The summed E-state index contributed by atoms with van der Waals surface area (Å²) in [6.07, 6.45) is 1.66. The van der Waals surface area contributed by atoms with Crippen molar-refractivity contribution in [3.63, 3.8) is 0 Å². The van der Waals surface area contributed by atoms with E-state index in [2.05, 4.69) is 18.8 Å². The van der Waals surface area contributed by atoms with E-state index < -0.39 is 0 Å². The zero-order chi connectivity index (χ0) is 10.3. The maximum atomic E-state index is 11.2. The first-order chi connectivity index (χ1) is 6.11. The van der Waals surface area contributed by atoms with E-state index in [1.54, 1.807) is 6.92 Å². The molecule has 0 aromatic heterocycles. The number of nitrogens with one attached hydrogen (secondary N) is 1. The van der Waals surface area contributed by atoms with Gasteiger partial charge in [-0.05, 0) is 20.3 Å². The van der Waals surface area contributed by atoms with Crippen molar-refractivity contribution >= 4 is 5.91 Å². The predicted molar refractivity (Wildman–Crippen MR) is 53.3 cm³/mol. The van der Waals surface area contributed by atoms with Crippen molar-refractivity contribution in [3.05, 3.63) is 12.2 Å². The molecule has 0 fully saturated rings. The second kappa shape index (κ2) is 6.66. The van der Waals surface area contributed by atoms with Crippen molar-refractivity contribution in [2.24, 2.45) is 0 Å². The Labute approximate surface area is 80.2 Å². The Bertz CT molecular complexity index is 172. The van der Waals surface area contributed by atoms with E-state index in [4.69, 9.17) is 4.74 Å². The van der Waals surface area contributed by atoms with Gasteiger partial charge in [-0.1, -0.05) is 19.9 Å². The maximum Gasteiger partial charge on any atom is 0.248 e. The molecule has 0 aliphatic rings. The molecule has 3 nitrogen and oxygen atoms in total. The SMILES string of the molecule is C=C(C)C(=O)NC(CCC)OCC. The Morgan fingerprint density at radius 3 is 2.54 bits per heavy atom. The average Bonchev–Trinajstić information content (AvgIpc) is 2.05. The van der Waals surface area contributed by atoms with Crippen LogP contribution in [0.3, 0.4) is 0 Å². The van der Waals surface area contributed by atoms with Gasteiger partial charge in [0.25, 0.3) is 0 Å². The van der Waals surface area contributed by atoms with Gasteiger partial charge in [-0.3, -0.25) is 4.79 Å². The predicted octanol–water partition coefficient (Wildman–Crippen LogP) is 1.84. The molecule has 0 aliphatic carbocycles. The van der Waals surface area contributed by atoms with Crippen LogP contribution in [0.1, 0.15) is 33.6 Å². The van der Waals surface area contributed by atoms with Crippen molar-refractivity contribution < 1.29 is 9.53 Å². The van der Waals surface area contributed by atoms with Gasteiger partial charge in [-0.25, -0.2) is 0 Å². The van der Waals surface area contributed by atoms with Crippen LogP contribution in [0.25, 0.3) is 0 Å². The summed E-state index contributed by atoms with van der Waals surface area (Å²) in [6, 6.07) is 0. The zero-order valence-corrected chi connectivity index (χ0v) is 8.72. The molecule has 1 amide bonds. The van der Waals surface area contributed by atoms with E-state index in [1.807, 2.05) is 6.92 Å². The van der Waals surface area contributed by atoms with E-state index in [0.717, 1.165) is 12.8 Å². The largest absolute Gasteiger partial charge is 0.359 e. The fourth-order valence-corrected chi connectivity index (χ4v) is 0.930. The van der Waals surface area contributed by atoms with E-state index in [1.165, 1.54) is 0 Å². The summed E-state index contributed by atoms with van der Waals surface area (Å²) < 4.78 is 5.33. The van der Waals surface area contributed by atoms with E-state index in [9.17, 15) is 4.79 Å². The van der Waals surface area contributed by atoms with Crippen molar-refractivity contribution in [1.82, 2.24) is 5.32 Å². The van der Waals surface area contributed by atoms with Crippen LogP contribution >= 0.6 is 0 Å². The molecule has 76 valence electrons. The maximum absolute atomic E-state index is 11.2. The quantitative estimate of drug-likeness (QED) is 0.506. The molecule has 1 N–H and O–H groups in total. The molecule has 0 heterocycles. The van der Waals surface area contributed by atoms with Gasteiger partial charge < -0.3 is 10.1 Å². The smallest absolute Gasteiger partial charge is 0.248 e. The first kappa shape index (κ1) is 12.2. The Hall–Kier alpha value is -0.830. The van der Waals surface area contributed by atoms with Gasteiger partial charge in [-0.2, -0.15) is 0 Å². The Morgan fingerprint density at radius 2 is 2.15 bits per heavy atom. The summed E-state index contributed by atoms with van der Waals surface area (Å²) in [5.41, 5.74) is 0.515. The molecule has 0 saturated carbocycles. The van der Waals surface area contributed by atoms with Crippen LogP contribution in [0.4, 0.5) is 0 Å². The molecule has 0 radical (unpaired) electrons. The highest BCUT2D eigenvalue weighted by atomic mass is 16.5. The number of amides is 1. The molecule has 1 unspecified atom stereocenters. The molecule has 1 atom stereocenters. The molecule has 3 heteroatoms. The highest BCUT2D eigenvalue weighted by molar-refractivity contribution is 5.92. The van der Waals surface area contributed by atoms with Gasteiger partial charge in [0.15, 0.2) is 0 Å². The van der Waals surface area contributed by atoms with Crippen molar-refractivity contribution in [1.29, 1.82) is 0 Å². The molecule has 0 saturated heterocycles. The monoisotopic (exact) mass is 185 g/mol. The van der Waals surface area contributed by atoms with E-state index >= 15 is 0 Å². The molecule has 13 heavy (non-hydrogen) atoms. The average molecular weight is 185 g/mol. The molecule has 0 rings (SSSR count). The fourth-order valence-electron chi connectivity index (χ4n) is 0.930. The second-order valence-electron chi connectivity index (χ2n) is 2.99.